The van der Waals surface area contributed by atoms with Gasteiger partial charge < -0.3 is 0 Å². The Balaban J connectivity index is 1.65. The summed E-state index contributed by atoms with van der Waals surface area (Å²) in [5, 5.41) is 5.04. The SMILES string of the molecule is CC#Cc1ccc(/C=C/c2c3ccccc3c(/C=C/c3ccc(C)cc3)c3ccccc23)cc1. The first-order chi connectivity index (χ1) is 16.7. The van der Waals surface area contributed by atoms with Crippen LogP contribution in [-0.2, 0) is 0 Å². The molecule has 0 fully saturated rings. The zero-order chi connectivity index (χ0) is 23.3. The van der Waals surface area contributed by atoms with Crippen LogP contribution in [-0.4, -0.2) is 0 Å². The summed E-state index contributed by atoms with van der Waals surface area (Å²) in [6, 6.07) is 34.5. The van der Waals surface area contributed by atoms with Crippen molar-refractivity contribution in [3.63, 3.8) is 0 Å². The smallest absolute Gasteiger partial charge is 0.0245 e. The van der Waals surface area contributed by atoms with E-state index in [0.29, 0.717) is 0 Å². The summed E-state index contributed by atoms with van der Waals surface area (Å²) in [4.78, 5) is 0. The van der Waals surface area contributed by atoms with Crippen molar-refractivity contribution >= 4 is 45.8 Å². The van der Waals surface area contributed by atoms with Gasteiger partial charge in [0.15, 0.2) is 0 Å². The molecule has 0 saturated carbocycles. The molecule has 5 rings (SSSR count). The van der Waals surface area contributed by atoms with Crippen LogP contribution in [0.5, 0.6) is 0 Å². The van der Waals surface area contributed by atoms with Gasteiger partial charge in [-0.2, -0.15) is 0 Å². The molecular formula is C34H26. The van der Waals surface area contributed by atoms with Crippen LogP contribution in [0.1, 0.15) is 40.3 Å². The molecule has 0 aliphatic rings. The maximum absolute atomic E-state index is 3.11. The molecule has 5 aromatic carbocycles. The molecular weight excluding hydrogens is 408 g/mol. The first kappa shape index (κ1) is 21.5. The topological polar surface area (TPSA) is 0 Å². The van der Waals surface area contributed by atoms with Gasteiger partial charge in [-0.05, 0) is 69.8 Å². The number of hydrogen-bond donors (Lipinski definition) is 0. The average molecular weight is 435 g/mol. The molecule has 34 heavy (non-hydrogen) atoms. The fourth-order valence-corrected chi connectivity index (χ4v) is 4.41. The molecule has 5 aromatic rings. The Morgan fingerprint density at radius 3 is 1.32 bits per heavy atom. The standard InChI is InChI=1S/C34H26/c1-3-8-26-17-19-28(20-18-26)22-24-34-31-11-6-4-9-29(31)33(30-10-5-7-12-32(30)34)23-21-27-15-13-25(2)14-16-27/h4-7,9-24H,1-2H3/b23-21+,24-22+. The Labute approximate surface area is 201 Å². The molecule has 0 radical (unpaired) electrons. The first-order valence-corrected chi connectivity index (χ1v) is 11.6. The molecule has 0 nitrogen and oxygen atoms in total. The van der Waals surface area contributed by atoms with E-state index < -0.39 is 0 Å². The van der Waals surface area contributed by atoms with Crippen LogP contribution in [0.15, 0.2) is 97.1 Å². The highest BCUT2D eigenvalue weighted by Gasteiger charge is 2.10. The second-order valence-corrected chi connectivity index (χ2v) is 8.49. The van der Waals surface area contributed by atoms with Gasteiger partial charge >= 0.3 is 0 Å². The van der Waals surface area contributed by atoms with Crippen LogP contribution >= 0.6 is 0 Å². The van der Waals surface area contributed by atoms with Crippen molar-refractivity contribution in [1.29, 1.82) is 0 Å². The number of aryl methyl sites for hydroxylation is 1. The molecule has 0 unspecified atom stereocenters. The van der Waals surface area contributed by atoms with Crippen LogP contribution in [0.2, 0.25) is 0 Å². The van der Waals surface area contributed by atoms with Gasteiger partial charge in [0.25, 0.3) is 0 Å². The number of fused-ring (bicyclic) bond motifs is 2. The van der Waals surface area contributed by atoms with E-state index in [1.54, 1.807) is 0 Å². The largest absolute Gasteiger partial charge is 0.101 e. The lowest BCUT2D eigenvalue weighted by Gasteiger charge is -2.13. The molecule has 0 aromatic heterocycles. The summed E-state index contributed by atoms with van der Waals surface area (Å²) in [5.41, 5.74) is 7.19. The Bertz CT molecular complexity index is 1530. The van der Waals surface area contributed by atoms with Crippen molar-refractivity contribution in [1.82, 2.24) is 0 Å². The third kappa shape index (κ3) is 4.42. The van der Waals surface area contributed by atoms with Gasteiger partial charge in [0, 0.05) is 5.56 Å². The van der Waals surface area contributed by atoms with Crippen molar-refractivity contribution in [2.24, 2.45) is 0 Å². The first-order valence-electron chi connectivity index (χ1n) is 11.6. The number of benzene rings is 5. The maximum Gasteiger partial charge on any atom is 0.0245 e. The summed E-state index contributed by atoms with van der Waals surface area (Å²) >= 11 is 0. The zero-order valence-corrected chi connectivity index (χ0v) is 19.5. The number of rotatable bonds is 4. The van der Waals surface area contributed by atoms with Crippen LogP contribution in [0.4, 0.5) is 0 Å². The minimum atomic E-state index is 1.04. The van der Waals surface area contributed by atoms with Crippen molar-refractivity contribution in [2.45, 2.75) is 13.8 Å². The highest BCUT2D eigenvalue weighted by Crippen LogP contribution is 2.35. The molecule has 0 heterocycles. The molecule has 0 N–H and O–H groups in total. The van der Waals surface area contributed by atoms with Gasteiger partial charge in [0.1, 0.15) is 0 Å². The summed E-state index contributed by atoms with van der Waals surface area (Å²) < 4.78 is 0. The van der Waals surface area contributed by atoms with Crippen LogP contribution < -0.4 is 0 Å². The van der Waals surface area contributed by atoms with Gasteiger partial charge in [0.05, 0.1) is 0 Å². The Morgan fingerprint density at radius 1 is 0.500 bits per heavy atom. The second-order valence-electron chi connectivity index (χ2n) is 8.49. The molecule has 0 aliphatic carbocycles. The van der Waals surface area contributed by atoms with E-state index in [4.69, 9.17) is 0 Å². The van der Waals surface area contributed by atoms with Gasteiger partial charge in [-0.25, -0.2) is 0 Å². The Kier molecular flexibility index (Phi) is 6.11. The lowest BCUT2D eigenvalue weighted by molar-refractivity contribution is 1.46. The maximum atomic E-state index is 3.11. The predicted octanol–water partition coefficient (Wildman–Crippen LogP) is 9.01. The quantitative estimate of drug-likeness (QED) is 0.150. The van der Waals surface area contributed by atoms with Gasteiger partial charge in [-0.15, -0.1) is 5.92 Å². The van der Waals surface area contributed by atoms with Crippen LogP contribution in [0.25, 0.3) is 45.8 Å². The Morgan fingerprint density at radius 2 is 0.912 bits per heavy atom. The second kappa shape index (κ2) is 9.65. The lowest BCUT2D eigenvalue weighted by Crippen LogP contribution is -1.88. The fourth-order valence-electron chi connectivity index (χ4n) is 4.41. The van der Waals surface area contributed by atoms with E-state index in [2.05, 4.69) is 140 Å². The van der Waals surface area contributed by atoms with E-state index >= 15 is 0 Å². The van der Waals surface area contributed by atoms with Crippen molar-refractivity contribution in [2.75, 3.05) is 0 Å². The van der Waals surface area contributed by atoms with Crippen molar-refractivity contribution in [3.05, 3.63) is 130 Å². The average Bonchev–Trinajstić information content (AvgIpc) is 2.88. The minimum Gasteiger partial charge on any atom is -0.101 e. The third-order valence-electron chi connectivity index (χ3n) is 6.16. The Hall–Kier alpha value is -4.34. The van der Waals surface area contributed by atoms with E-state index in [9.17, 15) is 0 Å². The summed E-state index contributed by atoms with van der Waals surface area (Å²) in [6.07, 6.45) is 8.91. The summed E-state index contributed by atoms with van der Waals surface area (Å²) in [7, 11) is 0. The van der Waals surface area contributed by atoms with Crippen LogP contribution in [0, 0.1) is 18.8 Å². The molecule has 162 valence electrons. The van der Waals surface area contributed by atoms with E-state index in [0.717, 1.165) is 11.1 Å². The highest BCUT2D eigenvalue weighted by molar-refractivity contribution is 6.14. The van der Waals surface area contributed by atoms with Crippen molar-refractivity contribution < 1.29 is 0 Å². The molecule has 0 heteroatoms. The molecule has 0 atom stereocenters. The van der Waals surface area contributed by atoms with Gasteiger partial charge in [0.2, 0.25) is 0 Å². The minimum absolute atomic E-state index is 1.04. The van der Waals surface area contributed by atoms with E-state index in [-0.39, 0.29) is 0 Å². The van der Waals surface area contributed by atoms with Gasteiger partial charge in [-0.3, -0.25) is 0 Å². The normalized spacial score (nSPS) is 11.4. The molecule has 0 spiro atoms. The molecule has 0 bridgehead atoms. The van der Waals surface area contributed by atoms with Gasteiger partial charge in [-0.1, -0.05) is 121 Å². The van der Waals surface area contributed by atoms with E-state index in [1.165, 1.54) is 43.8 Å². The molecule has 0 amide bonds. The third-order valence-corrected chi connectivity index (χ3v) is 6.16. The summed E-state index contributed by atoms with van der Waals surface area (Å²) in [6.45, 7) is 3.98. The van der Waals surface area contributed by atoms with Crippen LogP contribution in [0.3, 0.4) is 0 Å². The lowest BCUT2D eigenvalue weighted by atomic mass is 9.90. The predicted molar refractivity (Wildman–Crippen MR) is 149 cm³/mol. The monoisotopic (exact) mass is 434 g/mol. The van der Waals surface area contributed by atoms with Crippen molar-refractivity contribution in [3.8, 4) is 11.8 Å². The number of hydrogen-bond acceptors (Lipinski definition) is 0. The summed E-state index contributed by atoms with van der Waals surface area (Å²) in [5.74, 6) is 6.07. The van der Waals surface area contributed by atoms with E-state index in [1.807, 2.05) is 6.92 Å². The fraction of sp³-hybridized carbons (Fsp3) is 0.0588. The molecule has 0 saturated heterocycles. The zero-order valence-electron chi connectivity index (χ0n) is 19.5. The molecule has 0 aliphatic heterocycles. The highest BCUT2D eigenvalue weighted by atomic mass is 14.1.